The molecule has 2 heterocycles. The van der Waals surface area contributed by atoms with E-state index in [9.17, 15) is 9.59 Å². The Labute approximate surface area is 254 Å². The van der Waals surface area contributed by atoms with Crippen LogP contribution < -0.4 is 14.4 Å². The lowest BCUT2D eigenvalue weighted by Gasteiger charge is -2.56. The van der Waals surface area contributed by atoms with E-state index >= 15 is 0 Å². The van der Waals surface area contributed by atoms with Gasteiger partial charge in [0.25, 0.3) is 0 Å². The maximum atomic E-state index is 14.8. The summed E-state index contributed by atoms with van der Waals surface area (Å²) in [4.78, 5) is 33.2. The van der Waals surface area contributed by atoms with Gasteiger partial charge in [0.1, 0.15) is 24.1 Å². The number of benzene rings is 2. The normalized spacial score (nSPS) is 26.5. The molecule has 4 fully saturated rings. The molecule has 0 radical (unpaired) electrons. The minimum Gasteiger partial charge on any atom is -0.497 e. The van der Waals surface area contributed by atoms with Crippen LogP contribution in [0.15, 0.2) is 60.8 Å². The standard InChI is InChI=1S/C36H43N3O4/c1-4-5-14-37(35(41)36-20-24-16-25(21-36)18-26(17-24)22-36)23-33(40)39-30-10-7-6-9-29(30)38-15-8-11-31(38)34(39)28-19-27(42-2)12-13-32(28)43-3/h6-13,15,19,24-26,34H,4-5,14,16-18,20-23H2,1-3H3. The quantitative estimate of drug-likeness (QED) is 0.280. The zero-order valence-electron chi connectivity index (χ0n) is 25.6. The molecule has 4 bridgehead atoms. The summed E-state index contributed by atoms with van der Waals surface area (Å²) in [6, 6.07) is 17.4. The van der Waals surface area contributed by atoms with Crippen molar-refractivity contribution < 1.29 is 19.1 Å². The van der Waals surface area contributed by atoms with Gasteiger partial charge in [0.2, 0.25) is 11.8 Å². The molecule has 2 amide bonds. The molecule has 0 saturated heterocycles. The van der Waals surface area contributed by atoms with Gasteiger partial charge in [-0.15, -0.1) is 0 Å². The van der Waals surface area contributed by atoms with E-state index in [2.05, 4.69) is 17.6 Å². The summed E-state index contributed by atoms with van der Waals surface area (Å²) >= 11 is 0. The molecule has 7 heteroatoms. The minimum atomic E-state index is -0.454. The molecule has 226 valence electrons. The van der Waals surface area contributed by atoms with Crippen molar-refractivity contribution in [2.24, 2.45) is 23.2 Å². The van der Waals surface area contributed by atoms with Crippen LogP contribution in [0.3, 0.4) is 0 Å². The number of hydrogen-bond donors (Lipinski definition) is 0. The van der Waals surface area contributed by atoms with E-state index in [-0.39, 0.29) is 23.8 Å². The van der Waals surface area contributed by atoms with Crippen molar-refractivity contribution >= 4 is 17.5 Å². The number of ether oxygens (including phenoxy) is 2. The van der Waals surface area contributed by atoms with Crippen molar-refractivity contribution in [1.82, 2.24) is 9.47 Å². The number of unbranched alkanes of at least 4 members (excludes halogenated alkanes) is 1. The SMILES string of the molecule is CCCCN(CC(=O)N1c2ccccc2-n2cccc2C1c1cc(OC)ccc1OC)C(=O)C12CC3CC(CC(C3)C1)C2. The van der Waals surface area contributed by atoms with Crippen LogP contribution in [0, 0.1) is 23.2 Å². The van der Waals surface area contributed by atoms with Gasteiger partial charge in [0, 0.05) is 18.3 Å². The predicted octanol–water partition coefficient (Wildman–Crippen LogP) is 6.78. The molecule has 5 aliphatic rings. The van der Waals surface area contributed by atoms with Crippen molar-refractivity contribution in [2.45, 2.75) is 64.3 Å². The number of carbonyl (C=O) groups excluding carboxylic acids is 2. The molecular weight excluding hydrogens is 538 g/mol. The highest BCUT2D eigenvalue weighted by atomic mass is 16.5. The summed E-state index contributed by atoms with van der Waals surface area (Å²) in [5.74, 6) is 3.54. The molecule has 1 unspecified atom stereocenters. The Balaban J connectivity index is 1.28. The first-order chi connectivity index (χ1) is 20.9. The second-order valence-corrected chi connectivity index (χ2v) is 13.3. The molecule has 0 spiro atoms. The van der Waals surface area contributed by atoms with E-state index in [1.807, 2.05) is 64.5 Å². The highest BCUT2D eigenvalue weighted by Crippen LogP contribution is 2.60. The van der Waals surface area contributed by atoms with E-state index in [0.29, 0.717) is 35.8 Å². The molecule has 43 heavy (non-hydrogen) atoms. The van der Waals surface area contributed by atoms with Crippen LogP contribution in [-0.4, -0.2) is 48.6 Å². The second kappa shape index (κ2) is 11.1. The van der Waals surface area contributed by atoms with E-state index in [0.717, 1.165) is 54.7 Å². The maximum Gasteiger partial charge on any atom is 0.247 e. The lowest BCUT2D eigenvalue weighted by atomic mass is 9.49. The van der Waals surface area contributed by atoms with Gasteiger partial charge in [0.05, 0.1) is 36.7 Å². The highest BCUT2D eigenvalue weighted by molar-refractivity contribution is 6.01. The fraction of sp³-hybridized carbons (Fsp3) is 0.500. The van der Waals surface area contributed by atoms with Crippen LogP contribution in [0.1, 0.15) is 75.6 Å². The third kappa shape index (κ3) is 4.72. The van der Waals surface area contributed by atoms with Crippen molar-refractivity contribution in [1.29, 1.82) is 0 Å². The van der Waals surface area contributed by atoms with Crippen molar-refractivity contribution in [3.63, 3.8) is 0 Å². The van der Waals surface area contributed by atoms with Crippen LogP contribution >= 0.6 is 0 Å². The molecule has 7 nitrogen and oxygen atoms in total. The fourth-order valence-corrected chi connectivity index (χ4v) is 9.16. The Kier molecular flexibility index (Phi) is 7.22. The van der Waals surface area contributed by atoms with Gasteiger partial charge in [-0.3, -0.25) is 14.5 Å². The largest absolute Gasteiger partial charge is 0.497 e. The lowest BCUT2D eigenvalue weighted by Crippen LogP contribution is -2.56. The Bertz CT molecular complexity index is 1490. The summed E-state index contributed by atoms with van der Waals surface area (Å²) in [6.45, 7) is 2.83. The average molecular weight is 582 g/mol. The highest BCUT2D eigenvalue weighted by Gasteiger charge is 2.56. The van der Waals surface area contributed by atoms with Crippen LogP contribution in [0.5, 0.6) is 11.5 Å². The number of carbonyl (C=O) groups is 2. The molecule has 1 aliphatic heterocycles. The number of fused-ring (bicyclic) bond motifs is 3. The fourth-order valence-electron chi connectivity index (χ4n) is 9.16. The van der Waals surface area contributed by atoms with Gasteiger partial charge in [-0.05, 0) is 105 Å². The Morgan fingerprint density at radius 1 is 0.907 bits per heavy atom. The van der Waals surface area contributed by atoms with Gasteiger partial charge in [-0.25, -0.2) is 0 Å². The minimum absolute atomic E-state index is 0.0679. The molecule has 1 atom stereocenters. The number of anilines is 1. The summed E-state index contributed by atoms with van der Waals surface area (Å²) < 4.78 is 13.6. The van der Waals surface area contributed by atoms with E-state index < -0.39 is 6.04 Å². The zero-order chi connectivity index (χ0) is 29.7. The van der Waals surface area contributed by atoms with Crippen molar-refractivity contribution in [2.75, 3.05) is 32.2 Å². The first kappa shape index (κ1) is 28.1. The van der Waals surface area contributed by atoms with Crippen LogP contribution in [0.25, 0.3) is 5.69 Å². The molecule has 4 aliphatic carbocycles. The first-order valence-electron chi connectivity index (χ1n) is 16.0. The smallest absolute Gasteiger partial charge is 0.247 e. The summed E-state index contributed by atoms with van der Waals surface area (Å²) in [5, 5.41) is 0. The third-order valence-corrected chi connectivity index (χ3v) is 10.6. The van der Waals surface area contributed by atoms with Crippen LogP contribution in [0.2, 0.25) is 0 Å². The molecular formula is C36H43N3O4. The van der Waals surface area contributed by atoms with Crippen LogP contribution in [-0.2, 0) is 9.59 Å². The zero-order valence-corrected chi connectivity index (χ0v) is 25.6. The van der Waals surface area contributed by atoms with Gasteiger partial charge in [-0.1, -0.05) is 25.5 Å². The molecule has 2 aromatic carbocycles. The summed E-state index contributed by atoms with van der Waals surface area (Å²) in [6.07, 6.45) is 10.8. The number of nitrogens with zero attached hydrogens (tertiary/aromatic N) is 3. The van der Waals surface area contributed by atoms with Crippen LogP contribution in [0.4, 0.5) is 5.69 Å². The van der Waals surface area contributed by atoms with Gasteiger partial charge in [0.15, 0.2) is 0 Å². The molecule has 3 aromatic rings. The number of amides is 2. The second-order valence-electron chi connectivity index (χ2n) is 13.3. The number of para-hydroxylation sites is 2. The topological polar surface area (TPSA) is 64.0 Å². The Hall–Kier alpha value is -3.74. The van der Waals surface area contributed by atoms with E-state index in [4.69, 9.17) is 9.47 Å². The number of methoxy groups -OCH3 is 2. The van der Waals surface area contributed by atoms with Crippen molar-refractivity contribution in [3.05, 3.63) is 72.1 Å². The first-order valence-corrected chi connectivity index (χ1v) is 16.0. The number of rotatable bonds is 9. The van der Waals surface area contributed by atoms with Gasteiger partial charge in [-0.2, -0.15) is 0 Å². The average Bonchev–Trinajstić information content (AvgIpc) is 3.51. The molecule has 8 rings (SSSR count). The maximum absolute atomic E-state index is 14.8. The summed E-state index contributed by atoms with van der Waals surface area (Å²) in [5.41, 5.74) is 3.29. The molecule has 1 aromatic heterocycles. The summed E-state index contributed by atoms with van der Waals surface area (Å²) in [7, 11) is 3.30. The predicted molar refractivity (Wildman–Crippen MR) is 167 cm³/mol. The van der Waals surface area contributed by atoms with E-state index in [1.54, 1.807) is 14.2 Å². The van der Waals surface area contributed by atoms with E-state index in [1.165, 1.54) is 19.3 Å². The Morgan fingerprint density at radius 3 is 2.26 bits per heavy atom. The molecule has 0 N–H and O–H groups in total. The third-order valence-electron chi connectivity index (χ3n) is 10.6. The molecule has 4 saturated carbocycles. The lowest BCUT2D eigenvalue weighted by molar-refractivity contribution is -0.159. The monoisotopic (exact) mass is 581 g/mol. The number of hydrogen-bond acceptors (Lipinski definition) is 4. The van der Waals surface area contributed by atoms with Gasteiger partial charge < -0.3 is 18.9 Å². The van der Waals surface area contributed by atoms with Crippen molar-refractivity contribution in [3.8, 4) is 17.2 Å². The Morgan fingerprint density at radius 2 is 1.60 bits per heavy atom. The van der Waals surface area contributed by atoms with Gasteiger partial charge >= 0.3 is 0 Å². The number of aromatic nitrogens is 1.